The average molecular weight is 245 g/mol. The van der Waals surface area contributed by atoms with E-state index in [0.29, 0.717) is 5.92 Å². The second-order valence-corrected chi connectivity index (χ2v) is 6.51. The summed E-state index contributed by atoms with van der Waals surface area (Å²) in [5.74, 6) is 0.435. The monoisotopic (exact) mass is 245 g/mol. The summed E-state index contributed by atoms with van der Waals surface area (Å²) < 4.78 is 0. The molecule has 17 heavy (non-hydrogen) atoms. The van der Waals surface area contributed by atoms with Crippen LogP contribution in [0.2, 0.25) is 0 Å². The minimum atomic E-state index is 0.152. The zero-order valence-electron chi connectivity index (χ0n) is 10.9. The van der Waals surface area contributed by atoms with Crippen LogP contribution in [0, 0.1) is 0 Å². The summed E-state index contributed by atoms with van der Waals surface area (Å²) in [7, 11) is 0. The van der Waals surface area contributed by atoms with E-state index in [1.165, 1.54) is 15.4 Å². The maximum absolute atomic E-state index is 4.55. The molecule has 2 aromatic rings. The minimum absolute atomic E-state index is 0.152. The molecule has 1 aromatic heterocycles. The Morgan fingerprint density at radius 1 is 1.12 bits per heavy atom. The molecule has 1 atom stereocenters. The van der Waals surface area contributed by atoms with Crippen molar-refractivity contribution in [3.05, 3.63) is 52.0 Å². The van der Waals surface area contributed by atoms with Gasteiger partial charge in [-0.15, -0.1) is 11.3 Å². The Balaban J connectivity index is 2.27. The molecule has 0 N–H and O–H groups in total. The zero-order chi connectivity index (χ0) is 12.5. The number of nitrogens with zero attached hydrogens (tertiary/aromatic N) is 1. The van der Waals surface area contributed by atoms with Crippen LogP contribution in [0.1, 0.15) is 49.1 Å². The SMILES string of the molecule is C[C@@H](c1ccccc1)c1cnc(C(C)(C)C)s1. The highest BCUT2D eigenvalue weighted by Gasteiger charge is 2.20. The van der Waals surface area contributed by atoms with E-state index in [0.717, 1.165) is 0 Å². The van der Waals surface area contributed by atoms with E-state index in [1.807, 2.05) is 17.5 Å². The lowest BCUT2D eigenvalue weighted by Crippen LogP contribution is -2.09. The van der Waals surface area contributed by atoms with E-state index in [4.69, 9.17) is 0 Å². The van der Waals surface area contributed by atoms with E-state index in [2.05, 4.69) is 63.0 Å². The maximum atomic E-state index is 4.55. The van der Waals surface area contributed by atoms with Crippen LogP contribution in [0.5, 0.6) is 0 Å². The fourth-order valence-electron chi connectivity index (χ4n) is 1.74. The molecule has 0 aliphatic carbocycles. The predicted molar refractivity (Wildman–Crippen MR) is 74.8 cm³/mol. The molecule has 0 saturated heterocycles. The molecule has 0 fully saturated rings. The van der Waals surface area contributed by atoms with Crippen LogP contribution in [0.4, 0.5) is 0 Å². The Hall–Kier alpha value is -1.15. The van der Waals surface area contributed by atoms with Crippen molar-refractivity contribution in [2.45, 2.75) is 39.0 Å². The number of rotatable bonds is 2. The molecule has 0 radical (unpaired) electrons. The Kier molecular flexibility index (Phi) is 3.34. The van der Waals surface area contributed by atoms with Gasteiger partial charge in [0.15, 0.2) is 0 Å². The van der Waals surface area contributed by atoms with Crippen LogP contribution >= 0.6 is 11.3 Å². The van der Waals surface area contributed by atoms with Gasteiger partial charge in [0.25, 0.3) is 0 Å². The summed E-state index contributed by atoms with van der Waals surface area (Å²) in [5.41, 5.74) is 1.51. The van der Waals surface area contributed by atoms with E-state index >= 15 is 0 Å². The van der Waals surface area contributed by atoms with Crippen molar-refractivity contribution in [3.8, 4) is 0 Å². The van der Waals surface area contributed by atoms with Crippen molar-refractivity contribution >= 4 is 11.3 Å². The van der Waals surface area contributed by atoms with Crippen LogP contribution in [0.25, 0.3) is 0 Å². The Morgan fingerprint density at radius 2 is 1.76 bits per heavy atom. The molecule has 0 amide bonds. The summed E-state index contributed by atoms with van der Waals surface area (Å²) in [6.07, 6.45) is 2.03. The average Bonchev–Trinajstić information content (AvgIpc) is 2.78. The summed E-state index contributed by atoms with van der Waals surface area (Å²) in [6, 6.07) is 10.6. The van der Waals surface area contributed by atoms with Gasteiger partial charge in [-0.1, -0.05) is 58.0 Å². The Bertz CT molecular complexity index is 479. The van der Waals surface area contributed by atoms with Crippen LogP contribution in [-0.4, -0.2) is 4.98 Å². The molecule has 1 heterocycles. The lowest BCUT2D eigenvalue weighted by Gasteiger charge is -2.14. The van der Waals surface area contributed by atoms with Gasteiger partial charge >= 0.3 is 0 Å². The Morgan fingerprint density at radius 3 is 2.29 bits per heavy atom. The third-order valence-electron chi connectivity index (χ3n) is 2.89. The molecule has 0 spiro atoms. The molecule has 0 aliphatic heterocycles. The standard InChI is InChI=1S/C15H19NS/c1-11(12-8-6-5-7-9-12)13-10-16-14(17-13)15(2,3)4/h5-11H,1-4H3/t11-/m0/s1. The van der Waals surface area contributed by atoms with Crippen LogP contribution < -0.4 is 0 Å². The van der Waals surface area contributed by atoms with E-state index in [-0.39, 0.29) is 5.41 Å². The molecule has 1 aromatic carbocycles. The largest absolute Gasteiger partial charge is 0.249 e. The van der Waals surface area contributed by atoms with Crippen molar-refractivity contribution in [1.29, 1.82) is 0 Å². The van der Waals surface area contributed by atoms with Gasteiger partial charge in [-0.25, -0.2) is 4.98 Å². The first-order chi connectivity index (χ1) is 7.98. The molecule has 1 nitrogen and oxygen atoms in total. The highest BCUT2D eigenvalue weighted by atomic mass is 32.1. The van der Waals surface area contributed by atoms with Gasteiger partial charge < -0.3 is 0 Å². The van der Waals surface area contributed by atoms with Gasteiger partial charge in [-0.3, -0.25) is 0 Å². The van der Waals surface area contributed by atoms with E-state index in [9.17, 15) is 0 Å². The molecule has 90 valence electrons. The first-order valence-electron chi connectivity index (χ1n) is 5.99. The van der Waals surface area contributed by atoms with Crippen LogP contribution in [-0.2, 0) is 5.41 Å². The molecular formula is C15H19NS. The first kappa shape index (κ1) is 12.3. The summed E-state index contributed by atoms with van der Waals surface area (Å²) in [6.45, 7) is 8.88. The predicted octanol–water partition coefficient (Wildman–Crippen LogP) is 4.59. The second kappa shape index (κ2) is 4.61. The zero-order valence-corrected chi connectivity index (χ0v) is 11.7. The fraction of sp³-hybridized carbons (Fsp3) is 0.400. The molecule has 2 rings (SSSR count). The van der Waals surface area contributed by atoms with Crippen molar-refractivity contribution in [1.82, 2.24) is 4.98 Å². The third-order valence-corrected chi connectivity index (χ3v) is 4.50. The molecular weight excluding hydrogens is 226 g/mol. The molecule has 0 saturated carbocycles. The van der Waals surface area contributed by atoms with Gasteiger partial charge in [0, 0.05) is 22.4 Å². The molecule has 2 heteroatoms. The number of thiazole rings is 1. The van der Waals surface area contributed by atoms with Crippen molar-refractivity contribution in [3.63, 3.8) is 0 Å². The van der Waals surface area contributed by atoms with E-state index in [1.54, 1.807) is 0 Å². The van der Waals surface area contributed by atoms with Crippen molar-refractivity contribution in [2.75, 3.05) is 0 Å². The maximum Gasteiger partial charge on any atom is 0.0981 e. The lowest BCUT2D eigenvalue weighted by molar-refractivity contribution is 0.585. The topological polar surface area (TPSA) is 12.9 Å². The quantitative estimate of drug-likeness (QED) is 0.754. The van der Waals surface area contributed by atoms with E-state index < -0.39 is 0 Å². The lowest BCUT2D eigenvalue weighted by atomic mass is 9.98. The van der Waals surface area contributed by atoms with Gasteiger partial charge in [-0.2, -0.15) is 0 Å². The van der Waals surface area contributed by atoms with Gasteiger partial charge in [0.2, 0.25) is 0 Å². The minimum Gasteiger partial charge on any atom is -0.249 e. The van der Waals surface area contributed by atoms with Crippen LogP contribution in [0.15, 0.2) is 36.5 Å². The summed E-state index contributed by atoms with van der Waals surface area (Å²) in [5, 5.41) is 1.22. The normalized spacial score (nSPS) is 13.6. The number of aromatic nitrogens is 1. The highest BCUT2D eigenvalue weighted by Crippen LogP contribution is 2.33. The number of benzene rings is 1. The fourth-order valence-corrected chi connectivity index (χ4v) is 2.79. The first-order valence-corrected chi connectivity index (χ1v) is 6.81. The van der Waals surface area contributed by atoms with Gasteiger partial charge in [0.1, 0.15) is 0 Å². The second-order valence-electron chi connectivity index (χ2n) is 5.45. The Labute approximate surface area is 108 Å². The van der Waals surface area contributed by atoms with Crippen LogP contribution in [0.3, 0.4) is 0 Å². The number of hydrogen-bond donors (Lipinski definition) is 0. The molecule has 0 bridgehead atoms. The third kappa shape index (κ3) is 2.75. The molecule has 0 aliphatic rings. The smallest absolute Gasteiger partial charge is 0.0981 e. The number of hydrogen-bond acceptors (Lipinski definition) is 2. The summed E-state index contributed by atoms with van der Waals surface area (Å²) in [4.78, 5) is 5.90. The van der Waals surface area contributed by atoms with Crippen molar-refractivity contribution in [2.24, 2.45) is 0 Å². The van der Waals surface area contributed by atoms with Gasteiger partial charge in [0.05, 0.1) is 5.01 Å². The summed E-state index contributed by atoms with van der Waals surface area (Å²) >= 11 is 1.83. The van der Waals surface area contributed by atoms with Gasteiger partial charge in [-0.05, 0) is 5.56 Å². The highest BCUT2D eigenvalue weighted by molar-refractivity contribution is 7.11. The molecule has 0 unspecified atom stereocenters. The van der Waals surface area contributed by atoms with Crippen molar-refractivity contribution < 1.29 is 0 Å².